The number of benzene rings is 3. The third kappa shape index (κ3) is 3.63. The van der Waals surface area contributed by atoms with Crippen molar-refractivity contribution >= 4 is 33.5 Å². The average molecular weight is 457 g/mol. The topological polar surface area (TPSA) is 65.8 Å². The van der Waals surface area contributed by atoms with Crippen LogP contribution in [0.3, 0.4) is 0 Å². The molecule has 2 N–H and O–H groups in total. The molecule has 2 aromatic heterocycles. The lowest BCUT2D eigenvalue weighted by Crippen LogP contribution is -2.21. The first kappa shape index (κ1) is 21.4. The van der Waals surface area contributed by atoms with Crippen LogP contribution < -0.4 is 11.3 Å². The predicted molar refractivity (Wildman–Crippen MR) is 137 cm³/mol. The number of halogens is 1. The zero-order valence-electron chi connectivity index (χ0n) is 18.7. The number of nitrogens with zero attached hydrogens (tertiary/aromatic N) is 3. The fourth-order valence-corrected chi connectivity index (χ4v) is 4.66. The van der Waals surface area contributed by atoms with E-state index in [1.807, 2.05) is 61.5 Å². The Labute approximate surface area is 197 Å². The van der Waals surface area contributed by atoms with Gasteiger partial charge in [0.2, 0.25) is 0 Å². The van der Waals surface area contributed by atoms with Gasteiger partial charge < -0.3 is 14.9 Å². The van der Waals surface area contributed by atoms with Gasteiger partial charge in [0, 0.05) is 35.1 Å². The monoisotopic (exact) mass is 456 g/mol. The summed E-state index contributed by atoms with van der Waals surface area (Å²) in [5.74, 6) is 0. The summed E-state index contributed by atoms with van der Waals surface area (Å²) in [4.78, 5) is 18.5. The van der Waals surface area contributed by atoms with Crippen LogP contribution in [0.4, 0.5) is 0 Å². The first-order chi connectivity index (χ1) is 16.0. The van der Waals surface area contributed by atoms with Gasteiger partial charge in [-0.1, -0.05) is 48.0 Å². The Hall–Kier alpha value is -3.41. The van der Waals surface area contributed by atoms with E-state index in [-0.39, 0.29) is 5.56 Å². The molecule has 0 spiro atoms. The number of aryl methyl sites for hydroxylation is 3. The Kier molecular flexibility index (Phi) is 5.52. The maximum absolute atomic E-state index is 13.6. The van der Waals surface area contributed by atoms with E-state index in [0.29, 0.717) is 17.3 Å². The molecule has 2 heterocycles. The summed E-state index contributed by atoms with van der Waals surface area (Å²) < 4.78 is 3.94. The van der Waals surface area contributed by atoms with E-state index in [1.165, 1.54) is 0 Å². The second-order valence-corrected chi connectivity index (χ2v) is 8.79. The molecule has 3 aromatic carbocycles. The molecule has 0 aliphatic heterocycles. The number of fused-ring (bicyclic) bond motifs is 2. The van der Waals surface area contributed by atoms with Gasteiger partial charge in [0.15, 0.2) is 0 Å². The minimum absolute atomic E-state index is 0.122. The average Bonchev–Trinajstić information content (AvgIpc) is 3.14. The molecule has 166 valence electrons. The molecular weight excluding hydrogens is 432 g/mol. The van der Waals surface area contributed by atoms with Crippen molar-refractivity contribution in [1.82, 2.24) is 14.1 Å². The molecule has 0 radical (unpaired) electrons. The molecule has 0 aliphatic rings. The predicted octanol–water partition coefficient (Wildman–Crippen LogP) is 5.53. The van der Waals surface area contributed by atoms with Crippen molar-refractivity contribution in [2.24, 2.45) is 12.8 Å². The van der Waals surface area contributed by atoms with Gasteiger partial charge in [0.25, 0.3) is 5.56 Å². The summed E-state index contributed by atoms with van der Waals surface area (Å²) in [5, 5.41) is 1.66. The van der Waals surface area contributed by atoms with Crippen LogP contribution in [0, 0.1) is 6.92 Å². The Morgan fingerprint density at radius 1 is 1.00 bits per heavy atom. The van der Waals surface area contributed by atoms with Gasteiger partial charge in [0.1, 0.15) is 5.69 Å². The zero-order valence-corrected chi connectivity index (χ0v) is 19.4. The van der Waals surface area contributed by atoms with Crippen LogP contribution in [0.5, 0.6) is 0 Å². The third-order valence-electron chi connectivity index (χ3n) is 6.14. The van der Waals surface area contributed by atoms with E-state index in [1.54, 1.807) is 11.6 Å². The van der Waals surface area contributed by atoms with Crippen LogP contribution in [0.1, 0.15) is 12.0 Å². The van der Waals surface area contributed by atoms with Crippen molar-refractivity contribution in [3.63, 3.8) is 0 Å². The van der Waals surface area contributed by atoms with Crippen molar-refractivity contribution in [3.05, 3.63) is 87.7 Å². The van der Waals surface area contributed by atoms with Crippen molar-refractivity contribution in [1.29, 1.82) is 0 Å². The Morgan fingerprint density at radius 3 is 2.52 bits per heavy atom. The second kappa shape index (κ2) is 8.50. The highest BCUT2D eigenvalue weighted by Gasteiger charge is 2.24. The molecule has 0 amide bonds. The minimum atomic E-state index is -0.122. The summed E-state index contributed by atoms with van der Waals surface area (Å²) in [5.41, 5.74) is 12.7. The number of hydrogen-bond acceptors (Lipinski definition) is 3. The van der Waals surface area contributed by atoms with Gasteiger partial charge in [-0.2, -0.15) is 0 Å². The molecule has 5 rings (SSSR count). The second-order valence-electron chi connectivity index (χ2n) is 8.36. The summed E-state index contributed by atoms with van der Waals surface area (Å²) in [6.45, 7) is 3.35. The molecule has 0 unspecified atom stereocenters. The van der Waals surface area contributed by atoms with Crippen molar-refractivity contribution < 1.29 is 0 Å². The molecule has 0 saturated heterocycles. The molecule has 5 aromatic rings. The summed E-state index contributed by atoms with van der Waals surface area (Å²) in [6.07, 6.45) is 0.820. The minimum Gasteiger partial charge on any atom is -0.340 e. The van der Waals surface area contributed by atoms with Crippen molar-refractivity contribution in [3.8, 4) is 22.5 Å². The van der Waals surface area contributed by atoms with E-state index >= 15 is 0 Å². The number of hydrogen-bond donors (Lipinski definition) is 1. The van der Waals surface area contributed by atoms with Crippen LogP contribution in [0.15, 0.2) is 71.5 Å². The van der Waals surface area contributed by atoms with Gasteiger partial charge >= 0.3 is 0 Å². The highest BCUT2D eigenvalue weighted by atomic mass is 35.5. The fraction of sp³-hybridized carbons (Fsp3) is 0.185. The van der Waals surface area contributed by atoms with E-state index in [0.717, 1.165) is 57.3 Å². The van der Waals surface area contributed by atoms with E-state index < -0.39 is 0 Å². The van der Waals surface area contributed by atoms with Crippen LogP contribution >= 0.6 is 11.6 Å². The highest BCUT2D eigenvalue weighted by Crippen LogP contribution is 2.40. The molecule has 0 atom stereocenters. The lowest BCUT2D eigenvalue weighted by molar-refractivity contribution is 0.676. The van der Waals surface area contributed by atoms with E-state index in [4.69, 9.17) is 22.3 Å². The molecular formula is C27H25ClN4O. The molecule has 6 heteroatoms. The highest BCUT2D eigenvalue weighted by molar-refractivity contribution is 6.30. The number of aromatic nitrogens is 3. The Morgan fingerprint density at radius 2 is 1.76 bits per heavy atom. The molecule has 0 aliphatic carbocycles. The molecule has 0 bridgehead atoms. The summed E-state index contributed by atoms with van der Waals surface area (Å²) >= 11 is 6.20. The van der Waals surface area contributed by atoms with Gasteiger partial charge in [-0.3, -0.25) is 4.79 Å². The largest absolute Gasteiger partial charge is 0.340 e. The van der Waals surface area contributed by atoms with Gasteiger partial charge in [-0.05, 0) is 61.3 Å². The van der Waals surface area contributed by atoms with Crippen molar-refractivity contribution in [2.45, 2.75) is 19.9 Å². The fourth-order valence-electron chi connectivity index (χ4n) is 4.54. The first-order valence-corrected chi connectivity index (χ1v) is 11.4. The molecule has 0 fully saturated rings. The molecule has 0 saturated carbocycles. The molecule has 5 nitrogen and oxygen atoms in total. The molecule has 33 heavy (non-hydrogen) atoms. The van der Waals surface area contributed by atoms with Crippen LogP contribution in [0.25, 0.3) is 44.5 Å². The maximum atomic E-state index is 13.6. The van der Waals surface area contributed by atoms with Gasteiger partial charge in [-0.25, -0.2) is 4.98 Å². The SMILES string of the molecule is Cc1ccc2c(c1)nc(-c1c(-c3ccc(Cl)cc3)n(CCCN)c3ccccc13)c(=O)n2C. The Balaban J connectivity index is 1.93. The standard InChI is InChI=1S/C27H25ClN4O/c1-17-8-13-23-21(16-17)30-25(27(33)31(23)2)24-20-6-3-4-7-22(20)32(15-5-14-29)26(24)18-9-11-19(28)12-10-18/h3-4,6-13,16H,5,14-15,29H2,1-2H3. The third-order valence-corrected chi connectivity index (χ3v) is 6.39. The normalized spacial score (nSPS) is 11.5. The zero-order chi connectivity index (χ0) is 23.1. The quantitative estimate of drug-likeness (QED) is 0.378. The summed E-state index contributed by atoms with van der Waals surface area (Å²) in [7, 11) is 1.81. The number of rotatable bonds is 5. The number of nitrogens with two attached hydrogens (primary N) is 1. The van der Waals surface area contributed by atoms with Crippen LogP contribution in [0.2, 0.25) is 5.02 Å². The summed E-state index contributed by atoms with van der Waals surface area (Å²) in [6, 6.07) is 21.9. The lowest BCUT2D eigenvalue weighted by Gasteiger charge is -2.14. The van der Waals surface area contributed by atoms with Crippen LogP contribution in [-0.4, -0.2) is 20.7 Å². The van der Waals surface area contributed by atoms with Gasteiger partial charge in [-0.15, -0.1) is 0 Å². The van der Waals surface area contributed by atoms with E-state index in [9.17, 15) is 4.79 Å². The first-order valence-electron chi connectivity index (χ1n) is 11.0. The number of para-hydroxylation sites is 1. The smallest absolute Gasteiger partial charge is 0.277 e. The van der Waals surface area contributed by atoms with E-state index in [2.05, 4.69) is 16.7 Å². The Bertz CT molecular complexity index is 1550. The van der Waals surface area contributed by atoms with Crippen molar-refractivity contribution in [2.75, 3.05) is 6.54 Å². The maximum Gasteiger partial charge on any atom is 0.277 e. The van der Waals surface area contributed by atoms with Crippen LogP contribution in [-0.2, 0) is 13.6 Å². The van der Waals surface area contributed by atoms with Gasteiger partial charge in [0.05, 0.1) is 16.7 Å². The lowest BCUT2D eigenvalue weighted by atomic mass is 10.0.